The first-order chi connectivity index (χ1) is 11.1. The van der Waals surface area contributed by atoms with Gasteiger partial charge in [-0.05, 0) is 35.4 Å². The molecule has 0 saturated heterocycles. The SMILES string of the molecule is C=CN(CCCc1ccc2ccccc2c1)C(=O)COC(C)=O. The van der Waals surface area contributed by atoms with Gasteiger partial charge in [0.25, 0.3) is 5.91 Å². The number of carbonyl (C=O) groups is 2. The van der Waals surface area contributed by atoms with Crippen LogP contribution in [0.15, 0.2) is 55.2 Å². The van der Waals surface area contributed by atoms with Crippen LogP contribution in [0.2, 0.25) is 0 Å². The molecule has 2 aromatic carbocycles. The summed E-state index contributed by atoms with van der Waals surface area (Å²) in [7, 11) is 0. The molecule has 2 aromatic rings. The number of nitrogens with zero attached hydrogens (tertiary/aromatic N) is 1. The summed E-state index contributed by atoms with van der Waals surface area (Å²) in [5.41, 5.74) is 1.24. The van der Waals surface area contributed by atoms with E-state index in [2.05, 4.69) is 36.9 Å². The fourth-order valence-corrected chi connectivity index (χ4v) is 2.41. The number of aryl methyl sites for hydroxylation is 1. The summed E-state index contributed by atoms with van der Waals surface area (Å²) in [5.74, 6) is -0.716. The highest BCUT2D eigenvalue weighted by Gasteiger charge is 2.11. The predicted octanol–water partition coefficient (Wildman–Crippen LogP) is 3.31. The molecule has 0 aliphatic carbocycles. The molecule has 0 saturated carbocycles. The molecule has 0 radical (unpaired) electrons. The summed E-state index contributed by atoms with van der Waals surface area (Å²) < 4.78 is 4.72. The van der Waals surface area contributed by atoms with E-state index in [4.69, 9.17) is 4.74 Å². The van der Waals surface area contributed by atoms with Crippen LogP contribution in [0.4, 0.5) is 0 Å². The lowest BCUT2D eigenvalue weighted by molar-refractivity contribution is -0.149. The van der Waals surface area contributed by atoms with E-state index in [0.717, 1.165) is 12.8 Å². The van der Waals surface area contributed by atoms with Gasteiger partial charge in [0.05, 0.1) is 0 Å². The Balaban J connectivity index is 1.87. The first kappa shape index (κ1) is 16.7. The molecule has 0 heterocycles. The first-order valence-corrected chi connectivity index (χ1v) is 7.63. The third kappa shape index (κ3) is 4.95. The number of carbonyl (C=O) groups excluding carboxylic acids is 2. The molecule has 0 aromatic heterocycles. The van der Waals surface area contributed by atoms with Crippen LogP contribution in [0, 0.1) is 0 Å². The van der Waals surface area contributed by atoms with Gasteiger partial charge >= 0.3 is 5.97 Å². The zero-order valence-corrected chi connectivity index (χ0v) is 13.3. The second kappa shape index (κ2) is 8.13. The maximum absolute atomic E-state index is 11.9. The number of hydrogen-bond acceptors (Lipinski definition) is 3. The molecular formula is C19H21NO3. The van der Waals surface area contributed by atoms with Gasteiger partial charge in [-0.1, -0.05) is 49.0 Å². The van der Waals surface area contributed by atoms with Gasteiger partial charge in [0.15, 0.2) is 6.61 Å². The van der Waals surface area contributed by atoms with Crippen LogP contribution in [0.5, 0.6) is 0 Å². The maximum Gasteiger partial charge on any atom is 0.303 e. The van der Waals surface area contributed by atoms with Crippen LogP contribution in [0.25, 0.3) is 10.8 Å². The third-order valence-electron chi connectivity index (χ3n) is 3.62. The average Bonchev–Trinajstić information content (AvgIpc) is 2.56. The fourth-order valence-electron chi connectivity index (χ4n) is 2.41. The van der Waals surface area contributed by atoms with E-state index in [1.54, 1.807) is 0 Å². The monoisotopic (exact) mass is 311 g/mol. The molecule has 0 N–H and O–H groups in total. The number of hydrogen-bond donors (Lipinski definition) is 0. The molecule has 120 valence electrons. The Morgan fingerprint density at radius 1 is 1.17 bits per heavy atom. The number of fused-ring (bicyclic) bond motifs is 1. The highest BCUT2D eigenvalue weighted by Crippen LogP contribution is 2.16. The van der Waals surface area contributed by atoms with Crippen molar-refractivity contribution in [2.24, 2.45) is 0 Å². The van der Waals surface area contributed by atoms with E-state index < -0.39 is 5.97 Å². The van der Waals surface area contributed by atoms with Crippen LogP contribution in [-0.2, 0) is 20.7 Å². The Kier molecular flexibility index (Phi) is 5.92. The lowest BCUT2D eigenvalue weighted by Crippen LogP contribution is -2.31. The van der Waals surface area contributed by atoms with Gasteiger partial charge in [-0.25, -0.2) is 0 Å². The lowest BCUT2D eigenvalue weighted by Gasteiger charge is -2.17. The number of benzene rings is 2. The zero-order chi connectivity index (χ0) is 16.7. The molecule has 1 amide bonds. The smallest absolute Gasteiger partial charge is 0.303 e. The number of rotatable bonds is 7. The summed E-state index contributed by atoms with van der Waals surface area (Å²) in [6, 6.07) is 14.6. The highest BCUT2D eigenvalue weighted by molar-refractivity contribution is 5.83. The van der Waals surface area contributed by atoms with Crippen molar-refractivity contribution < 1.29 is 14.3 Å². The van der Waals surface area contributed by atoms with Crippen molar-refractivity contribution in [2.75, 3.05) is 13.2 Å². The molecule has 0 unspecified atom stereocenters. The van der Waals surface area contributed by atoms with Gasteiger partial charge in [-0.15, -0.1) is 0 Å². The first-order valence-electron chi connectivity index (χ1n) is 7.63. The van der Waals surface area contributed by atoms with E-state index in [1.165, 1.54) is 34.4 Å². The third-order valence-corrected chi connectivity index (χ3v) is 3.62. The molecule has 0 aliphatic heterocycles. The minimum atomic E-state index is -0.460. The van der Waals surface area contributed by atoms with Gasteiger partial charge in [-0.3, -0.25) is 9.59 Å². The van der Waals surface area contributed by atoms with E-state index >= 15 is 0 Å². The zero-order valence-electron chi connectivity index (χ0n) is 13.3. The van der Waals surface area contributed by atoms with E-state index in [-0.39, 0.29) is 12.5 Å². The highest BCUT2D eigenvalue weighted by atomic mass is 16.5. The summed E-state index contributed by atoms with van der Waals surface area (Å²) in [4.78, 5) is 24.1. The average molecular weight is 311 g/mol. The minimum absolute atomic E-state index is 0.239. The lowest BCUT2D eigenvalue weighted by atomic mass is 10.0. The summed E-state index contributed by atoms with van der Waals surface area (Å²) in [6.07, 6.45) is 3.17. The van der Waals surface area contributed by atoms with Crippen molar-refractivity contribution in [3.05, 3.63) is 60.8 Å². The minimum Gasteiger partial charge on any atom is -0.456 e. The van der Waals surface area contributed by atoms with Crippen LogP contribution in [0.1, 0.15) is 18.9 Å². The van der Waals surface area contributed by atoms with Crippen LogP contribution in [-0.4, -0.2) is 29.9 Å². The fraction of sp³-hybridized carbons (Fsp3) is 0.263. The molecule has 0 spiro atoms. The van der Waals surface area contributed by atoms with Crippen molar-refractivity contribution in [1.82, 2.24) is 4.90 Å². The quantitative estimate of drug-likeness (QED) is 0.737. The molecule has 0 bridgehead atoms. The van der Waals surface area contributed by atoms with Crippen LogP contribution >= 0.6 is 0 Å². The summed E-state index contributed by atoms with van der Waals surface area (Å²) in [5, 5.41) is 2.44. The van der Waals surface area contributed by atoms with Gasteiger partial charge in [0.2, 0.25) is 0 Å². The molecule has 0 aliphatic rings. The molecule has 2 rings (SSSR count). The van der Waals surface area contributed by atoms with Gasteiger partial charge in [0.1, 0.15) is 0 Å². The van der Waals surface area contributed by atoms with Crippen molar-refractivity contribution in [3.8, 4) is 0 Å². The summed E-state index contributed by atoms with van der Waals surface area (Å²) in [6.45, 7) is 5.24. The molecule has 0 fully saturated rings. The second-order valence-corrected chi connectivity index (χ2v) is 5.34. The van der Waals surface area contributed by atoms with Crippen molar-refractivity contribution >= 4 is 22.6 Å². The topological polar surface area (TPSA) is 46.6 Å². The Labute approximate surface area is 136 Å². The predicted molar refractivity (Wildman–Crippen MR) is 90.8 cm³/mol. The largest absolute Gasteiger partial charge is 0.456 e. The molecule has 4 heteroatoms. The van der Waals surface area contributed by atoms with Crippen molar-refractivity contribution in [3.63, 3.8) is 0 Å². The summed E-state index contributed by atoms with van der Waals surface area (Å²) >= 11 is 0. The van der Waals surface area contributed by atoms with Crippen LogP contribution in [0.3, 0.4) is 0 Å². The Morgan fingerprint density at radius 2 is 1.91 bits per heavy atom. The normalized spacial score (nSPS) is 10.3. The number of amides is 1. The Bertz CT molecular complexity index is 709. The second-order valence-electron chi connectivity index (χ2n) is 5.34. The van der Waals surface area contributed by atoms with E-state index in [9.17, 15) is 9.59 Å². The van der Waals surface area contributed by atoms with Gasteiger partial charge < -0.3 is 9.64 Å². The van der Waals surface area contributed by atoms with Gasteiger partial charge in [-0.2, -0.15) is 0 Å². The standard InChI is InChI=1S/C19H21NO3/c1-3-20(19(22)14-23-15(2)21)12-6-7-16-10-11-17-8-4-5-9-18(17)13-16/h3-5,8-11,13H,1,6-7,12,14H2,2H3. The van der Waals surface area contributed by atoms with Crippen molar-refractivity contribution in [2.45, 2.75) is 19.8 Å². The maximum atomic E-state index is 11.9. The Morgan fingerprint density at radius 3 is 2.61 bits per heavy atom. The Hall–Kier alpha value is -2.62. The van der Waals surface area contributed by atoms with E-state index in [1.807, 2.05) is 12.1 Å². The molecule has 4 nitrogen and oxygen atoms in total. The van der Waals surface area contributed by atoms with Crippen molar-refractivity contribution in [1.29, 1.82) is 0 Å². The molecule has 0 atom stereocenters. The van der Waals surface area contributed by atoms with E-state index in [0.29, 0.717) is 6.54 Å². The molecular weight excluding hydrogens is 290 g/mol. The number of ether oxygens (including phenoxy) is 1. The van der Waals surface area contributed by atoms with Crippen LogP contribution < -0.4 is 0 Å². The van der Waals surface area contributed by atoms with Gasteiger partial charge in [0, 0.05) is 13.5 Å². The molecule has 23 heavy (non-hydrogen) atoms. The number of esters is 1.